The topological polar surface area (TPSA) is 44.6 Å². The van der Waals surface area contributed by atoms with Gasteiger partial charge in [0.05, 0.1) is 5.71 Å². The van der Waals surface area contributed by atoms with E-state index in [4.69, 9.17) is 5.21 Å². The lowest BCUT2D eigenvalue weighted by Crippen LogP contribution is -2.46. The fourth-order valence-electron chi connectivity index (χ4n) is 3.82. The van der Waals surface area contributed by atoms with Crippen LogP contribution in [0, 0.1) is 0 Å². The molecule has 1 aromatic carbocycles. The molecular formula is C16H16N2O. The van der Waals surface area contributed by atoms with Crippen LogP contribution < -0.4 is 5.32 Å². The maximum atomic E-state index is 9.15. The molecule has 1 fully saturated rings. The van der Waals surface area contributed by atoms with E-state index >= 15 is 0 Å². The fraction of sp³-hybridized carbons (Fsp3) is 0.312. The van der Waals surface area contributed by atoms with Gasteiger partial charge < -0.3 is 10.5 Å². The molecule has 0 spiro atoms. The number of piperidine rings is 1. The molecule has 1 heterocycles. The van der Waals surface area contributed by atoms with Crippen molar-refractivity contribution in [3.05, 3.63) is 52.7 Å². The number of allylic oxidation sites excluding steroid dienone is 2. The molecule has 1 saturated heterocycles. The molecule has 3 aliphatic rings. The Morgan fingerprint density at radius 3 is 3.05 bits per heavy atom. The van der Waals surface area contributed by atoms with Crippen molar-refractivity contribution in [2.24, 2.45) is 5.16 Å². The van der Waals surface area contributed by atoms with Crippen molar-refractivity contribution in [2.75, 3.05) is 6.54 Å². The molecule has 96 valence electrons. The Balaban J connectivity index is 2.01. The van der Waals surface area contributed by atoms with Gasteiger partial charge in [-0.05, 0) is 29.2 Å². The summed E-state index contributed by atoms with van der Waals surface area (Å²) in [6, 6.07) is 8.59. The Labute approximate surface area is 112 Å². The van der Waals surface area contributed by atoms with E-state index < -0.39 is 0 Å². The van der Waals surface area contributed by atoms with Gasteiger partial charge in [0.1, 0.15) is 0 Å². The average Bonchev–Trinajstić information content (AvgIpc) is 2.46. The molecule has 1 unspecified atom stereocenters. The number of hydrogen-bond donors (Lipinski definition) is 2. The quantitative estimate of drug-likeness (QED) is 0.551. The highest BCUT2D eigenvalue weighted by Gasteiger charge is 2.46. The second kappa shape index (κ2) is 3.73. The van der Waals surface area contributed by atoms with E-state index in [9.17, 15) is 0 Å². The van der Waals surface area contributed by atoms with Gasteiger partial charge >= 0.3 is 0 Å². The average molecular weight is 252 g/mol. The zero-order valence-electron chi connectivity index (χ0n) is 10.7. The van der Waals surface area contributed by atoms with E-state index in [1.54, 1.807) is 0 Å². The Kier molecular flexibility index (Phi) is 2.13. The summed E-state index contributed by atoms with van der Waals surface area (Å²) in [4.78, 5) is 0. The van der Waals surface area contributed by atoms with Gasteiger partial charge in [-0.15, -0.1) is 0 Å². The van der Waals surface area contributed by atoms with Crippen LogP contribution in [0.5, 0.6) is 0 Å². The molecule has 3 heteroatoms. The van der Waals surface area contributed by atoms with Crippen molar-refractivity contribution in [1.82, 2.24) is 5.32 Å². The van der Waals surface area contributed by atoms with Crippen molar-refractivity contribution in [2.45, 2.75) is 24.7 Å². The highest BCUT2D eigenvalue weighted by Crippen LogP contribution is 2.51. The summed E-state index contributed by atoms with van der Waals surface area (Å²) in [6.45, 7) is 0.982. The van der Waals surface area contributed by atoms with Crippen molar-refractivity contribution in [3.8, 4) is 0 Å². The fourth-order valence-corrected chi connectivity index (χ4v) is 3.82. The van der Waals surface area contributed by atoms with Gasteiger partial charge in [0, 0.05) is 30.5 Å². The number of nitrogens with one attached hydrogen (secondary N) is 1. The van der Waals surface area contributed by atoms with Crippen LogP contribution in [-0.2, 0) is 5.41 Å². The summed E-state index contributed by atoms with van der Waals surface area (Å²) >= 11 is 0. The minimum Gasteiger partial charge on any atom is -0.411 e. The van der Waals surface area contributed by atoms with Crippen LogP contribution >= 0.6 is 0 Å². The largest absolute Gasteiger partial charge is 0.411 e. The van der Waals surface area contributed by atoms with Crippen LogP contribution in [0.4, 0.5) is 0 Å². The summed E-state index contributed by atoms with van der Waals surface area (Å²) in [5.41, 5.74) is 6.23. The number of nitrogens with zero attached hydrogens (tertiary/aromatic N) is 1. The Bertz CT molecular complexity index is 642. The molecule has 19 heavy (non-hydrogen) atoms. The highest BCUT2D eigenvalue weighted by molar-refractivity contribution is 5.91. The van der Waals surface area contributed by atoms with Crippen LogP contribution in [-0.4, -0.2) is 17.5 Å². The van der Waals surface area contributed by atoms with E-state index in [2.05, 4.69) is 46.9 Å². The first kappa shape index (κ1) is 10.9. The normalized spacial score (nSPS) is 29.8. The number of oxime groups is 1. The SMILES string of the molecule is ON=C1CC=C2C3=Cc4ccccc4C2(CCN3)C1. The molecule has 1 atom stereocenters. The van der Waals surface area contributed by atoms with Gasteiger partial charge in [-0.2, -0.15) is 0 Å². The molecule has 0 radical (unpaired) electrons. The molecule has 2 aliphatic carbocycles. The smallest absolute Gasteiger partial charge is 0.0620 e. The summed E-state index contributed by atoms with van der Waals surface area (Å²) in [5.74, 6) is 0. The molecule has 0 aromatic heterocycles. The number of hydrogen-bond acceptors (Lipinski definition) is 3. The van der Waals surface area contributed by atoms with Gasteiger partial charge in [0.15, 0.2) is 0 Å². The van der Waals surface area contributed by atoms with E-state index in [0.717, 1.165) is 31.5 Å². The molecule has 1 aromatic rings. The van der Waals surface area contributed by atoms with E-state index in [0.29, 0.717) is 0 Å². The molecule has 2 bridgehead atoms. The molecule has 0 amide bonds. The maximum absolute atomic E-state index is 9.15. The number of rotatable bonds is 0. The van der Waals surface area contributed by atoms with Gasteiger partial charge in [0.2, 0.25) is 0 Å². The lowest BCUT2D eigenvalue weighted by molar-refractivity contribution is 0.311. The first-order chi connectivity index (χ1) is 9.33. The predicted molar refractivity (Wildman–Crippen MR) is 75.3 cm³/mol. The van der Waals surface area contributed by atoms with Crippen LogP contribution in [0.15, 0.2) is 46.8 Å². The van der Waals surface area contributed by atoms with Crippen molar-refractivity contribution in [3.63, 3.8) is 0 Å². The summed E-state index contributed by atoms with van der Waals surface area (Å²) < 4.78 is 0. The second-order valence-corrected chi connectivity index (χ2v) is 5.57. The summed E-state index contributed by atoms with van der Waals surface area (Å²) in [5, 5.41) is 16.1. The van der Waals surface area contributed by atoms with Crippen LogP contribution in [0.2, 0.25) is 0 Å². The first-order valence-corrected chi connectivity index (χ1v) is 6.79. The van der Waals surface area contributed by atoms with Crippen LogP contribution in [0.3, 0.4) is 0 Å². The molecule has 1 aliphatic heterocycles. The minimum atomic E-state index is 0.0196. The number of benzene rings is 1. The van der Waals surface area contributed by atoms with Crippen LogP contribution in [0.25, 0.3) is 6.08 Å². The predicted octanol–water partition coefficient (Wildman–Crippen LogP) is 2.82. The van der Waals surface area contributed by atoms with Gasteiger partial charge in [-0.25, -0.2) is 0 Å². The summed E-state index contributed by atoms with van der Waals surface area (Å²) in [7, 11) is 0. The standard InChI is InChI=1S/C16H16N2O/c19-18-12-5-6-14-15-9-11-3-1-2-4-13(11)16(14,10-12)7-8-17-15/h1-4,6,9,17,19H,5,7-8,10H2. The highest BCUT2D eigenvalue weighted by atomic mass is 16.4. The third-order valence-corrected chi connectivity index (χ3v) is 4.64. The van der Waals surface area contributed by atoms with Crippen molar-refractivity contribution >= 4 is 11.8 Å². The molecular weight excluding hydrogens is 236 g/mol. The Hall–Kier alpha value is -2.03. The third-order valence-electron chi connectivity index (χ3n) is 4.64. The molecule has 4 rings (SSSR count). The Morgan fingerprint density at radius 1 is 1.26 bits per heavy atom. The second-order valence-electron chi connectivity index (χ2n) is 5.57. The van der Waals surface area contributed by atoms with Crippen molar-refractivity contribution in [1.29, 1.82) is 0 Å². The molecule has 2 N–H and O–H groups in total. The van der Waals surface area contributed by atoms with Crippen LogP contribution in [0.1, 0.15) is 30.4 Å². The zero-order chi connectivity index (χ0) is 12.9. The summed E-state index contributed by atoms with van der Waals surface area (Å²) in [6.07, 6.45) is 7.14. The van der Waals surface area contributed by atoms with Crippen molar-refractivity contribution < 1.29 is 5.21 Å². The third kappa shape index (κ3) is 1.35. The minimum absolute atomic E-state index is 0.0196. The lowest BCUT2D eigenvalue weighted by Gasteiger charge is -2.47. The zero-order valence-corrected chi connectivity index (χ0v) is 10.7. The monoisotopic (exact) mass is 252 g/mol. The number of fused-ring (bicyclic) bond motifs is 1. The van der Waals surface area contributed by atoms with Gasteiger partial charge in [-0.1, -0.05) is 35.5 Å². The molecule has 3 nitrogen and oxygen atoms in total. The maximum Gasteiger partial charge on any atom is 0.0620 e. The van der Waals surface area contributed by atoms with E-state index in [1.165, 1.54) is 22.4 Å². The molecule has 0 saturated carbocycles. The Morgan fingerprint density at radius 2 is 2.16 bits per heavy atom. The van der Waals surface area contributed by atoms with Gasteiger partial charge in [0.25, 0.3) is 0 Å². The van der Waals surface area contributed by atoms with E-state index in [1.807, 2.05) is 0 Å². The first-order valence-electron chi connectivity index (χ1n) is 6.79. The van der Waals surface area contributed by atoms with Gasteiger partial charge in [-0.3, -0.25) is 0 Å². The van der Waals surface area contributed by atoms with E-state index in [-0.39, 0.29) is 5.41 Å². The lowest BCUT2D eigenvalue weighted by atomic mass is 9.60.